The number of piperidine rings is 1. The van der Waals surface area contributed by atoms with Crippen LogP contribution in [0.15, 0.2) is 0 Å². The van der Waals surface area contributed by atoms with Gasteiger partial charge in [-0.2, -0.15) is 0 Å². The van der Waals surface area contributed by atoms with Crippen molar-refractivity contribution in [3.05, 3.63) is 0 Å². The Kier molecular flexibility index (Phi) is 3.69. The zero-order chi connectivity index (χ0) is 11.7. The Morgan fingerprint density at radius 3 is 2.76 bits per heavy atom. The Morgan fingerprint density at radius 1 is 1.06 bits per heavy atom. The highest BCUT2D eigenvalue weighted by Gasteiger charge is 2.34. The van der Waals surface area contributed by atoms with E-state index in [0.29, 0.717) is 0 Å². The first-order chi connectivity index (χ1) is 8.33. The van der Waals surface area contributed by atoms with E-state index in [4.69, 9.17) is 0 Å². The summed E-state index contributed by atoms with van der Waals surface area (Å²) in [6.45, 7) is 5.16. The third-order valence-corrected chi connectivity index (χ3v) is 5.12. The molecule has 3 rings (SSSR count). The van der Waals surface area contributed by atoms with Crippen LogP contribution in [0.1, 0.15) is 38.5 Å². The highest BCUT2D eigenvalue weighted by molar-refractivity contribution is 4.92. The molecule has 3 saturated heterocycles. The number of likely N-dealkylation sites (N-methyl/N-ethyl adjacent to an activating group) is 1. The van der Waals surface area contributed by atoms with Crippen molar-refractivity contribution in [3.8, 4) is 0 Å². The normalized spacial score (nSPS) is 40.4. The summed E-state index contributed by atoms with van der Waals surface area (Å²) in [5.74, 6) is 0. The van der Waals surface area contributed by atoms with Gasteiger partial charge in [0.25, 0.3) is 0 Å². The van der Waals surface area contributed by atoms with Crippen molar-refractivity contribution in [3.63, 3.8) is 0 Å². The largest absolute Gasteiger partial charge is 0.313 e. The molecule has 0 aromatic rings. The second kappa shape index (κ2) is 5.25. The molecule has 1 N–H and O–H groups in total. The molecule has 0 aromatic heterocycles. The molecule has 0 saturated carbocycles. The monoisotopic (exact) mass is 237 g/mol. The predicted molar refractivity (Wildman–Crippen MR) is 71.3 cm³/mol. The first kappa shape index (κ1) is 11.9. The molecular weight excluding hydrogens is 210 g/mol. The topological polar surface area (TPSA) is 18.5 Å². The summed E-state index contributed by atoms with van der Waals surface area (Å²) in [5.41, 5.74) is 0. The van der Waals surface area contributed by atoms with Crippen molar-refractivity contribution in [1.29, 1.82) is 0 Å². The molecule has 3 atom stereocenters. The molecule has 3 fully saturated rings. The molecule has 0 amide bonds. The summed E-state index contributed by atoms with van der Waals surface area (Å²) in [7, 11) is 2.34. The summed E-state index contributed by atoms with van der Waals surface area (Å²) in [4.78, 5) is 5.37. The number of fused-ring (bicyclic) bond motifs is 2. The summed E-state index contributed by atoms with van der Waals surface area (Å²) in [6.07, 6.45) is 8.45. The third kappa shape index (κ3) is 2.67. The van der Waals surface area contributed by atoms with Gasteiger partial charge in [0.2, 0.25) is 0 Å². The van der Waals surface area contributed by atoms with Crippen LogP contribution in [0.3, 0.4) is 0 Å². The number of nitrogens with zero attached hydrogens (tertiary/aromatic N) is 2. The summed E-state index contributed by atoms with van der Waals surface area (Å²) in [6, 6.07) is 2.49. The van der Waals surface area contributed by atoms with E-state index in [0.717, 1.165) is 18.1 Å². The van der Waals surface area contributed by atoms with Gasteiger partial charge in [-0.1, -0.05) is 6.42 Å². The van der Waals surface area contributed by atoms with Crippen molar-refractivity contribution in [2.45, 2.75) is 56.7 Å². The Hall–Kier alpha value is -0.120. The molecule has 3 heterocycles. The van der Waals surface area contributed by atoms with Gasteiger partial charge in [-0.15, -0.1) is 0 Å². The maximum atomic E-state index is 3.69. The van der Waals surface area contributed by atoms with Gasteiger partial charge in [0, 0.05) is 31.2 Å². The fourth-order valence-corrected chi connectivity index (χ4v) is 3.94. The second-order valence-electron chi connectivity index (χ2n) is 6.25. The van der Waals surface area contributed by atoms with Gasteiger partial charge in [-0.25, -0.2) is 0 Å². The van der Waals surface area contributed by atoms with E-state index < -0.39 is 0 Å². The molecule has 0 aliphatic carbocycles. The average molecular weight is 237 g/mol. The Balaban J connectivity index is 1.54. The van der Waals surface area contributed by atoms with Crippen LogP contribution in [0.5, 0.6) is 0 Å². The fourth-order valence-electron chi connectivity index (χ4n) is 3.94. The van der Waals surface area contributed by atoms with E-state index in [1.807, 2.05) is 0 Å². The number of hydrogen-bond acceptors (Lipinski definition) is 3. The van der Waals surface area contributed by atoms with Crippen molar-refractivity contribution in [2.75, 3.05) is 33.2 Å². The highest BCUT2D eigenvalue weighted by Crippen LogP contribution is 2.28. The van der Waals surface area contributed by atoms with Gasteiger partial charge in [0.1, 0.15) is 0 Å². The number of likely N-dealkylation sites (tertiary alicyclic amines) is 1. The van der Waals surface area contributed by atoms with Gasteiger partial charge in [0.05, 0.1) is 0 Å². The van der Waals surface area contributed by atoms with E-state index in [2.05, 4.69) is 22.2 Å². The van der Waals surface area contributed by atoms with Crippen LogP contribution in [-0.4, -0.2) is 61.2 Å². The second-order valence-corrected chi connectivity index (χ2v) is 6.25. The van der Waals surface area contributed by atoms with E-state index in [1.165, 1.54) is 64.7 Å². The minimum atomic E-state index is 0.769. The fraction of sp³-hybridized carbons (Fsp3) is 1.00. The summed E-state index contributed by atoms with van der Waals surface area (Å²) >= 11 is 0. The van der Waals surface area contributed by atoms with Gasteiger partial charge in [-0.3, -0.25) is 4.90 Å². The molecule has 17 heavy (non-hydrogen) atoms. The van der Waals surface area contributed by atoms with E-state index in [9.17, 15) is 0 Å². The lowest BCUT2D eigenvalue weighted by Crippen LogP contribution is -2.46. The van der Waals surface area contributed by atoms with Crippen LogP contribution >= 0.6 is 0 Å². The summed E-state index contributed by atoms with van der Waals surface area (Å²) in [5, 5.41) is 3.69. The van der Waals surface area contributed by atoms with E-state index >= 15 is 0 Å². The predicted octanol–water partition coefficient (Wildman–Crippen LogP) is 1.30. The van der Waals surface area contributed by atoms with Crippen LogP contribution in [0.25, 0.3) is 0 Å². The standard InChI is InChI=1S/C14H27N3/c1-16-13-5-6-14(16)11-17(9-7-13)10-12-4-2-3-8-15-12/h12-15H,2-11H2,1H3. The van der Waals surface area contributed by atoms with E-state index in [1.54, 1.807) is 0 Å². The average Bonchev–Trinajstić information content (AvgIpc) is 2.59. The zero-order valence-electron chi connectivity index (χ0n) is 11.2. The molecular formula is C14H27N3. The van der Waals surface area contributed by atoms with Crippen LogP contribution in [-0.2, 0) is 0 Å². The first-order valence-corrected chi connectivity index (χ1v) is 7.50. The Labute approximate surface area is 106 Å². The Morgan fingerprint density at radius 2 is 1.94 bits per heavy atom. The lowest BCUT2D eigenvalue weighted by atomic mass is 10.0. The van der Waals surface area contributed by atoms with Crippen LogP contribution in [0.2, 0.25) is 0 Å². The lowest BCUT2D eigenvalue weighted by molar-refractivity contribution is 0.195. The quantitative estimate of drug-likeness (QED) is 0.781. The minimum absolute atomic E-state index is 0.769. The molecule has 2 bridgehead atoms. The molecule has 0 aromatic carbocycles. The van der Waals surface area contributed by atoms with Crippen LogP contribution in [0, 0.1) is 0 Å². The molecule has 3 aliphatic rings. The minimum Gasteiger partial charge on any atom is -0.313 e. The van der Waals surface area contributed by atoms with Crippen molar-refractivity contribution in [2.24, 2.45) is 0 Å². The molecule has 3 unspecified atom stereocenters. The number of hydrogen-bond donors (Lipinski definition) is 1. The van der Waals surface area contributed by atoms with E-state index in [-0.39, 0.29) is 0 Å². The van der Waals surface area contributed by atoms with Crippen molar-refractivity contribution < 1.29 is 0 Å². The number of nitrogens with one attached hydrogen (secondary N) is 1. The van der Waals surface area contributed by atoms with Gasteiger partial charge < -0.3 is 10.2 Å². The zero-order valence-corrected chi connectivity index (χ0v) is 11.2. The SMILES string of the molecule is CN1C2CCC1CN(CC1CCCCN1)CC2. The van der Waals surface area contributed by atoms with Gasteiger partial charge in [-0.05, 0) is 52.2 Å². The van der Waals surface area contributed by atoms with Crippen LogP contribution in [0.4, 0.5) is 0 Å². The van der Waals surface area contributed by atoms with Gasteiger partial charge >= 0.3 is 0 Å². The smallest absolute Gasteiger partial charge is 0.0223 e. The van der Waals surface area contributed by atoms with Crippen molar-refractivity contribution in [1.82, 2.24) is 15.1 Å². The summed E-state index contributed by atoms with van der Waals surface area (Å²) < 4.78 is 0. The maximum Gasteiger partial charge on any atom is 0.0223 e. The van der Waals surface area contributed by atoms with Crippen LogP contribution < -0.4 is 5.32 Å². The van der Waals surface area contributed by atoms with Crippen molar-refractivity contribution >= 4 is 0 Å². The molecule has 3 heteroatoms. The first-order valence-electron chi connectivity index (χ1n) is 7.50. The number of rotatable bonds is 2. The van der Waals surface area contributed by atoms with Gasteiger partial charge in [0.15, 0.2) is 0 Å². The lowest BCUT2D eigenvalue weighted by Gasteiger charge is -2.31. The molecule has 0 radical (unpaired) electrons. The molecule has 3 nitrogen and oxygen atoms in total. The maximum absolute atomic E-state index is 3.69. The molecule has 98 valence electrons. The molecule has 3 aliphatic heterocycles. The molecule has 0 spiro atoms. The Bertz CT molecular complexity index is 250. The highest BCUT2D eigenvalue weighted by atomic mass is 15.3. The third-order valence-electron chi connectivity index (χ3n) is 5.12.